The average Bonchev–Trinajstić information content (AvgIpc) is 2.25. The second-order valence-corrected chi connectivity index (χ2v) is 3.45. The Kier molecular flexibility index (Phi) is 4.46. The van der Waals surface area contributed by atoms with Crippen LogP contribution in [0.1, 0.15) is 12.5 Å². The minimum Gasteiger partial charge on any atom is -0.487 e. The number of carboxylic acids is 1. The van der Waals surface area contributed by atoms with Crippen LogP contribution in [0.4, 0.5) is 4.39 Å². The molecular weight excluding hydrogens is 223 g/mol. The lowest BCUT2D eigenvalue weighted by molar-refractivity contribution is -0.131. The van der Waals surface area contributed by atoms with Gasteiger partial charge in [0.05, 0.1) is 0 Å². The van der Waals surface area contributed by atoms with Crippen LogP contribution < -0.4 is 4.74 Å². The number of aliphatic carboxylic acids is 1. The summed E-state index contributed by atoms with van der Waals surface area (Å²) in [5.74, 6) is -1.23. The van der Waals surface area contributed by atoms with Crippen LogP contribution in [0.3, 0.4) is 0 Å². The fourth-order valence-corrected chi connectivity index (χ4v) is 1.18. The highest BCUT2D eigenvalue weighted by atomic mass is 19.1. The molecule has 0 aromatic heterocycles. The summed E-state index contributed by atoms with van der Waals surface area (Å²) in [7, 11) is 0. The van der Waals surface area contributed by atoms with Crippen molar-refractivity contribution in [2.75, 3.05) is 0 Å². The van der Waals surface area contributed by atoms with Crippen LogP contribution in [0.5, 0.6) is 5.75 Å². The SMILES string of the molecule is C=CC(C)Oc1cc(F)cc(/C=C/C(=O)O)c1. The van der Waals surface area contributed by atoms with Gasteiger partial charge in [0, 0.05) is 12.1 Å². The number of carboxylic acid groups (broad SMARTS) is 1. The van der Waals surface area contributed by atoms with Crippen molar-refractivity contribution >= 4 is 12.0 Å². The minimum absolute atomic E-state index is 0.242. The van der Waals surface area contributed by atoms with Crippen LogP contribution in [-0.2, 0) is 4.79 Å². The third-order valence-corrected chi connectivity index (χ3v) is 1.97. The predicted octanol–water partition coefficient (Wildman–Crippen LogP) is 2.88. The Labute approximate surface area is 98.8 Å². The summed E-state index contributed by atoms with van der Waals surface area (Å²) < 4.78 is 18.6. The van der Waals surface area contributed by atoms with Crippen LogP contribution >= 0.6 is 0 Å². The Morgan fingerprint density at radius 1 is 1.53 bits per heavy atom. The summed E-state index contributed by atoms with van der Waals surface area (Å²) >= 11 is 0. The second kappa shape index (κ2) is 5.84. The average molecular weight is 236 g/mol. The number of halogens is 1. The Balaban J connectivity index is 2.93. The minimum atomic E-state index is -1.09. The molecule has 0 aliphatic heterocycles. The van der Waals surface area contributed by atoms with E-state index in [-0.39, 0.29) is 6.10 Å². The van der Waals surface area contributed by atoms with Gasteiger partial charge in [0.1, 0.15) is 17.7 Å². The molecule has 0 fully saturated rings. The van der Waals surface area contributed by atoms with E-state index >= 15 is 0 Å². The van der Waals surface area contributed by atoms with Crippen molar-refractivity contribution < 1.29 is 19.0 Å². The van der Waals surface area contributed by atoms with Gasteiger partial charge in [-0.25, -0.2) is 9.18 Å². The highest BCUT2D eigenvalue weighted by Crippen LogP contribution is 2.19. The standard InChI is InChI=1S/C13H13FO3/c1-3-9(2)17-12-7-10(4-5-13(15)16)6-11(14)8-12/h3-9H,1H2,2H3,(H,15,16)/b5-4+. The molecule has 0 radical (unpaired) electrons. The van der Waals surface area contributed by atoms with E-state index in [1.54, 1.807) is 19.1 Å². The van der Waals surface area contributed by atoms with Crippen molar-refractivity contribution in [3.05, 3.63) is 48.3 Å². The first-order chi connectivity index (χ1) is 8.01. The van der Waals surface area contributed by atoms with Crippen LogP contribution in [0.25, 0.3) is 6.08 Å². The Morgan fingerprint density at radius 2 is 2.24 bits per heavy atom. The first-order valence-electron chi connectivity index (χ1n) is 5.02. The zero-order valence-corrected chi connectivity index (χ0v) is 9.39. The highest BCUT2D eigenvalue weighted by Gasteiger charge is 2.03. The molecule has 17 heavy (non-hydrogen) atoms. The number of carbonyl (C=O) groups is 1. The summed E-state index contributed by atoms with van der Waals surface area (Å²) in [6.07, 6.45) is 3.58. The van der Waals surface area contributed by atoms with E-state index in [1.165, 1.54) is 18.2 Å². The zero-order chi connectivity index (χ0) is 12.8. The van der Waals surface area contributed by atoms with E-state index < -0.39 is 11.8 Å². The molecule has 0 bridgehead atoms. The smallest absolute Gasteiger partial charge is 0.328 e. The molecule has 0 aliphatic carbocycles. The van der Waals surface area contributed by atoms with E-state index in [1.807, 2.05) is 0 Å². The van der Waals surface area contributed by atoms with Gasteiger partial charge >= 0.3 is 5.97 Å². The summed E-state index contributed by atoms with van der Waals surface area (Å²) in [6.45, 7) is 5.32. The van der Waals surface area contributed by atoms with Crippen LogP contribution in [0.15, 0.2) is 36.9 Å². The molecule has 0 saturated heterocycles. The van der Waals surface area contributed by atoms with Gasteiger partial charge in [-0.1, -0.05) is 12.7 Å². The first-order valence-corrected chi connectivity index (χ1v) is 5.02. The molecule has 1 unspecified atom stereocenters. The van der Waals surface area contributed by atoms with Gasteiger partial charge in [-0.2, -0.15) is 0 Å². The molecular formula is C13H13FO3. The Bertz CT molecular complexity index is 452. The first kappa shape index (κ1) is 13.0. The fraction of sp³-hybridized carbons (Fsp3) is 0.154. The molecule has 0 aliphatic rings. The Hall–Kier alpha value is -2.10. The molecule has 0 amide bonds. The maximum absolute atomic E-state index is 13.2. The van der Waals surface area contributed by atoms with Crippen LogP contribution in [-0.4, -0.2) is 17.2 Å². The second-order valence-electron chi connectivity index (χ2n) is 3.45. The van der Waals surface area contributed by atoms with Crippen molar-refractivity contribution in [2.24, 2.45) is 0 Å². The molecule has 0 spiro atoms. The van der Waals surface area contributed by atoms with Gasteiger partial charge < -0.3 is 9.84 Å². The van der Waals surface area contributed by atoms with Gasteiger partial charge in [0.15, 0.2) is 0 Å². The molecule has 3 nitrogen and oxygen atoms in total. The van der Waals surface area contributed by atoms with Crippen molar-refractivity contribution in [3.63, 3.8) is 0 Å². The monoisotopic (exact) mass is 236 g/mol. The van der Waals surface area contributed by atoms with E-state index in [2.05, 4.69) is 6.58 Å². The maximum atomic E-state index is 13.2. The highest BCUT2D eigenvalue weighted by molar-refractivity contribution is 5.85. The molecule has 4 heteroatoms. The normalized spacial score (nSPS) is 12.4. The van der Waals surface area contributed by atoms with Crippen molar-refractivity contribution in [3.8, 4) is 5.75 Å². The number of ether oxygens (including phenoxy) is 1. The van der Waals surface area contributed by atoms with Crippen LogP contribution in [0, 0.1) is 5.82 Å². The van der Waals surface area contributed by atoms with Gasteiger partial charge in [-0.15, -0.1) is 0 Å². The summed E-state index contributed by atoms with van der Waals surface area (Å²) in [5.41, 5.74) is 0.429. The van der Waals surface area contributed by atoms with Crippen molar-refractivity contribution in [1.29, 1.82) is 0 Å². The number of hydrogen-bond donors (Lipinski definition) is 1. The number of rotatable bonds is 5. The summed E-state index contributed by atoms with van der Waals surface area (Å²) in [4.78, 5) is 10.3. The van der Waals surface area contributed by atoms with Crippen molar-refractivity contribution in [1.82, 2.24) is 0 Å². The molecule has 1 aromatic rings. The molecule has 1 atom stereocenters. The molecule has 90 valence electrons. The van der Waals surface area contributed by atoms with Gasteiger partial charge in [0.2, 0.25) is 0 Å². The number of hydrogen-bond acceptors (Lipinski definition) is 2. The zero-order valence-electron chi connectivity index (χ0n) is 9.39. The third kappa shape index (κ3) is 4.51. The lowest BCUT2D eigenvalue weighted by Crippen LogP contribution is -2.07. The van der Waals surface area contributed by atoms with Crippen molar-refractivity contribution in [2.45, 2.75) is 13.0 Å². The largest absolute Gasteiger partial charge is 0.487 e. The summed E-state index contributed by atoms with van der Waals surface area (Å²) in [5, 5.41) is 8.47. The van der Waals surface area contributed by atoms with E-state index in [9.17, 15) is 9.18 Å². The fourth-order valence-electron chi connectivity index (χ4n) is 1.18. The maximum Gasteiger partial charge on any atom is 0.328 e. The third-order valence-electron chi connectivity index (χ3n) is 1.97. The van der Waals surface area contributed by atoms with Gasteiger partial charge in [-0.3, -0.25) is 0 Å². The lowest BCUT2D eigenvalue weighted by Gasteiger charge is -2.11. The van der Waals surface area contributed by atoms with Crippen LogP contribution in [0.2, 0.25) is 0 Å². The van der Waals surface area contributed by atoms with Gasteiger partial charge in [0.25, 0.3) is 0 Å². The molecule has 0 heterocycles. The lowest BCUT2D eigenvalue weighted by atomic mass is 10.2. The quantitative estimate of drug-likeness (QED) is 0.631. The van der Waals surface area contributed by atoms with E-state index in [0.717, 1.165) is 6.08 Å². The predicted molar refractivity (Wildman–Crippen MR) is 63.4 cm³/mol. The van der Waals surface area contributed by atoms with E-state index in [0.29, 0.717) is 11.3 Å². The number of benzene rings is 1. The molecule has 1 rings (SSSR count). The Morgan fingerprint density at radius 3 is 2.82 bits per heavy atom. The molecule has 0 saturated carbocycles. The molecule has 1 aromatic carbocycles. The van der Waals surface area contributed by atoms with E-state index in [4.69, 9.17) is 9.84 Å². The summed E-state index contributed by atoms with van der Waals surface area (Å²) in [6, 6.07) is 4.02. The molecule has 1 N–H and O–H groups in total. The van der Waals surface area contributed by atoms with Gasteiger partial charge in [-0.05, 0) is 30.7 Å². The topological polar surface area (TPSA) is 46.5 Å².